The normalized spacial score (nSPS) is 14.7. The molecule has 1 amide bonds. The lowest BCUT2D eigenvalue weighted by atomic mass is 9.94. The first-order valence-electron chi connectivity index (χ1n) is 9.59. The molecule has 1 aliphatic rings. The van der Waals surface area contributed by atoms with E-state index in [1.165, 1.54) is 17.0 Å². The third kappa shape index (κ3) is 5.55. The Labute approximate surface area is 184 Å². The number of hydrogen-bond acceptors (Lipinski definition) is 4. The number of carbonyl (C=O) groups is 2. The van der Waals surface area contributed by atoms with Crippen LogP contribution in [0.2, 0.25) is 0 Å². The van der Waals surface area contributed by atoms with Crippen LogP contribution in [0.15, 0.2) is 42.5 Å². The monoisotopic (exact) mass is 493 g/mol. The molecule has 33 heavy (non-hydrogen) atoms. The molecule has 0 fully saturated rings. The van der Waals surface area contributed by atoms with Gasteiger partial charge in [-0.3, -0.25) is 9.59 Å². The van der Waals surface area contributed by atoms with Gasteiger partial charge in [-0.25, -0.2) is 8.42 Å². The van der Waals surface area contributed by atoms with Crippen molar-refractivity contribution in [3.8, 4) is 0 Å². The van der Waals surface area contributed by atoms with E-state index in [1.807, 2.05) is 0 Å². The number of ketones is 1. The van der Waals surface area contributed by atoms with E-state index in [-0.39, 0.29) is 24.2 Å². The number of hydrogen-bond donors (Lipinski definition) is 0. The second-order valence-corrected chi connectivity index (χ2v) is 9.57. The molecule has 1 heterocycles. The largest absolute Gasteiger partial charge is 0.497 e. The van der Waals surface area contributed by atoms with Gasteiger partial charge in [0.25, 0.3) is 0 Å². The van der Waals surface area contributed by atoms with E-state index < -0.39 is 50.9 Å². The maximum Gasteiger partial charge on any atom is 0.497 e. The number of sulfone groups is 1. The van der Waals surface area contributed by atoms with E-state index in [0.29, 0.717) is 12.0 Å². The fraction of sp³-hybridized carbons (Fsp3) is 0.333. The Balaban J connectivity index is 1.72. The number of benzene rings is 2. The summed E-state index contributed by atoms with van der Waals surface area (Å²) >= 11 is 0. The molecule has 0 N–H and O–H groups in total. The zero-order valence-electron chi connectivity index (χ0n) is 16.8. The maximum absolute atomic E-state index is 12.7. The molecule has 0 saturated heterocycles. The molecule has 0 spiro atoms. The van der Waals surface area contributed by atoms with Gasteiger partial charge in [0.05, 0.1) is 11.3 Å². The van der Waals surface area contributed by atoms with Gasteiger partial charge in [0.2, 0.25) is 15.7 Å². The first-order chi connectivity index (χ1) is 15.2. The number of amides is 1. The molecule has 0 bridgehead atoms. The lowest BCUT2D eigenvalue weighted by molar-refractivity contribution is -0.137. The Bertz CT molecular complexity index is 1170. The van der Waals surface area contributed by atoms with Crippen LogP contribution >= 0.6 is 0 Å². The number of fused-ring (bicyclic) bond motifs is 1. The maximum atomic E-state index is 12.7. The Morgan fingerprint density at radius 2 is 1.48 bits per heavy atom. The van der Waals surface area contributed by atoms with Gasteiger partial charge in [0, 0.05) is 30.6 Å². The van der Waals surface area contributed by atoms with Crippen LogP contribution in [0.4, 0.5) is 26.3 Å². The van der Waals surface area contributed by atoms with Crippen LogP contribution in [-0.4, -0.2) is 42.8 Å². The van der Waals surface area contributed by atoms with Gasteiger partial charge in [-0.2, -0.15) is 26.3 Å². The van der Waals surface area contributed by atoms with Gasteiger partial charge in [0.15, 0.2) is 5.78 Å². The van der Waals surface area contributed by atoms with E-state index in [1.54, 1.807) is 6.07 Å². The van der Waals surface area contributed by atoms with E-state index in [2.05, 4.69) is 0 Å². The van der Waals surface area contributed by atoms with Crippen molar-refractivity contribution in [3.63, 3.8) is 0 Å². The molecular formula is C21H17F6NO4S. The van der Waals surface area contributed by atoms with Crippen LogP contribution in [0.5, 0.6) is 0 Å². The molecule has 0 radical (unpaired) electrons. The van der Waals surface area contributed by atoms with Crippen molar-refractivity contribution in [1.82, 2.24) is 4.90 Å². The lowest BCUT2D eigenvalue weighted by Crippen LogP contribution is -2.38. The first kappa shape index (κ1) is 24.7. The molecule has 3 rings (SSSR count). The van der Waals surface area contributed by atoms with E-state index >= 15 is 0 Å². The van der Waals surface area contributed by atoms with Gasteiger partial charge in [-0.15, -0.1) is 0 Å². The van der Waals surface area contributed by atoms with Crippen LogP contribution in [0.25, 0.3) is 0 Å². The smallest absolute Gasteiger partial charge is 0.338 e. The summed E-state index contributed by atoms with van der Waals surface area (Å²) < 4.78 is 97.9. The quantitative estimate of drug-likeness (QED) is 0.464. The zero-order valence-corrected chi connectivity index (χ0v) is 17.6. The predicted molar refractivity (Wildman–Crippen MR) is 105 cm³/mol. The van der Waals surface area contributed by atoms with Crippen LogP contribution < -0.4 is 0 Å². The Morgan fingerprint density at radius 3 is 2.06 bits per heavy atom. The van der Waals surface area contributed by atoms with Crippen LogP contribution in [0.3, 0.4) is 0 Å². The molecule has 0 aliphatic carbocycles. The van der Waals surface area contributed by atoms with E-state index in [4.69, 9.17) is 0 Å². The van der Waals surface area contributed by atoms with Gasteiger partial charge in [-0.1, -0.05) is 24.3 Å². The molecule has 0 atom stereocenters. The molecular weight excluding hydrogens is 476 g/mol. The summed E-state index contributed by atoms with van der Waals surface area (Å²) in [6.07, 6.45) is -5.02. The standard InChI is InChI=1S/C21H17F6NO4S/c22-20(23,24)17-5-3-14(4-6-17)19(30)15-2-1-13-7-9-28(12-16(13)11-15)18(29)8-10-33(31,32)21(25,26)27/h1-6,11H,7-10,12H2. The molecule has 2 aromatic rings. The Kier molecular flexibility index (Phi) is 6.60. The molecule has 2 aromatic carbocycles. The zero-order chi connectivity index (χ0) is 24.6. The lowest BCUT2D eigenvalue weighted by Gasteiger charge is -2.29. The van der Waals surface area contributed by atoms with Gasteiger partial charge in [-0.05, 0) is 35.7 Å². The molecule has 0 aromatic heterocycles. The minimum atomic E-state index is -5.44. The average molecular weight is 493 g/mol. The molecule has 0 saturated carbocycles. The fourth-order valence-corrected chi connectivity index (χ4v) is 4.06. The summed E-state index contributed by atoms with van der Waals surface area (Å²) in [5.41, 5.74) is -4.79. The summed E-state index contributed by atoms with van der Waals surface area (Å²) in [4.78, 5) is 26.2. The minimum Gasteiger partial charge on any atom is -0.338 e. The molecule has 0 unspecified atom stereocenters. The topological polar surface area (TPSA) is 71.5 Å². The van der Waals surface area contributed by atoms with Crippen molar-refractivity contribution < 1.29 is 44.3 Å². The Morgan fingerprint density at radius 1 is 0.879 bits per heavy atom. The summed E-state index contributed by atoms with van der Waals surface area (Å²) in [5.74, 6) is -2.66. The third-order valence-electron chi connectivity index (χ3n) is 5.25. The SMILES string of the molecule is O=C(c1ccc(C(F)(F)F)cc1)c1ccc2c(c1)CN(C(=O)CCS(=O)(=O)C(F)(F)F)CC2. The second-order valence-electron chi connectivity index (χ2n) is 7.47. The molecule has 1 aliphatic heterocycles. The number of nitrogens with zero attached hydrogens (tertiary/aromatic N) is 1. The highest BCUT2D eigenvalue weighted by Crippen LogP contribution is 2.30. The van der Waals surface area contributed by atoms with Gasteiger partial charge in [0.1, 0.15) is 0 Å². The Hall–Kier alpha value is -2.89. The summed E-state index contributed by atoms with van der Waals surface area (Å²) in [6, 6.07) is 8.32. The van der Waals surface area contributed by atoms with Crippen LogP contribution in [-0.2, 0) is 33.8 Å². The number of halogens is 6. The number of rotatable bonds is 5. The van der Waals surface area contributed by atoms with Crippen molar-refractivity contribution in [3.05, 3.63) is 70.3 Å². The van der Waals surface area contributed by atoms with E-state index in [9.17, 15) is 44.3 Å². The van der Waals surface area contributed by atoms with Crippen molar-refractivity contribution in [1.29, 1.82) is 0 Å². The highest BCUT2D eigenvalue weighted by Gasteiger charge is 2.45. The highest BCUT2D eigenvalue weighted by molar-refractivity contribution is 7.92. The van der Waals surface area contributed by atoms with Gasteiger partial charge < -0.3 is 4.90 Å². The van der Waals surface area contributed by atoms with Crippen molar-refractivity contribution in [2.75, 3.05) is 12.3 Å². The number of carbonyl (C=O) groups excluding carboxylic acids is 2. The van der Waals surface area contributed by atoms with Crippen molar-refractivity contribution >= 4 is 21.5 Å². The number of alkyl halides is 6. The summed E-state index contributed by atoms with van der Waals surface area (Å²) in [6.45, 7) is 0.137. The molecule has 12 heteroatoms. The highest BCUT2D eigenvalue weighted by atomic mass is 32.2. The predicted octanol–water partition coefficient (Wildman–Crippen LogP) is 4.15. The van der Waals surface area contributed by atoms with Crippen molar-refractivity contribution in [2.24, 2.45) is 0 Å². The summed E-state index contributed by atoms with van der Waals surface area (Å²) in [5, 5.41) is 0. The van der Waals surface area contributed by atoms with Gasteiger partial charge >= 0.3 is 11.7 Å². The molecule has 5 nitrogen and oxygen atoms in total. The first-order valence-corrected chi connectivity index (χ1v) is 11.2. The van der Waals surface area contributed by atoms with Crippen molar-refractivity contribution in [2.45, 2.75) is 31.1 Å². The van der Waals surface area contributed by atoms with E-state index in [0.717, 1.165) is 29.8 Å². The average Bonchev–Trinajstić information content (AvgIpc) is 2.75. The minimum absolute atomic E-state index is 0.0315. The third-order valence-corrected chi connectivity index (χ3v) is 6.69. The fourth-order valence-electron chi connectivity index (χ4n) is 3.38. The van der Waals surface area contributed by atoms with Crippen LogP contribution in [0.1, 0.15) is 39.0 Å². The summed E-state index contributed by atoms with van der Waals surface area (Å²) in [7, 11) is -5.42. The second kappa shape index (κ2) is 8.81. The van der Waals surface area contributed by atoms with Crippen LogP contribution in [0, 0.1) is 0 Å². The molecule has 178 valence electrons.